The standard InChI is InChI=1S/C12H15NO6S2/c14-8-5-20-12(11(17)10(16)9(8)15)21-7-3-1-6(2-4-7)13(18)19/h1-4,8-12,14-17H,5H2/t8-,9+,10-,11+,12?/m0/s1. The molecule has 1 aliphatic heterocycles. The van der Waals surface area contributed by atoms with Crippen molar-refractivity contribution in [3.63, 3.8) is 0 Å². The Hall–Kier alpha value is -0.840. The van der Waals surface area contributed by atoms with Gasteiger partial charge < -0.3 is 20.4 Å². The van der Waals surface area contributed by atoms with E-state index in [0.29, 0.717) is 4.90 Å². The van der Waals surface area contributed by atoms with Gasteiger partial charge in [-0.3, -0.25) is 10.1 Å². The van der Waals surface area contributed by atoms with Crippen LogP contribution in [0.4, 0.5) is 5.69 Å². The molecule has 0 aromatic heterocycles. The maximum Gasteiger partial charge on any atom is 0.269 e. The van der Waals surface area contributed by atoms with E-state index in [1.807, 2.05) is 0 Å². The molecule has 2 rings (SSSR count). The second-order valence-corrected chi connectivity index (χ2v) is 7.30. The molecule has 0 amide bonds. The Kier molecular flexibility index (Phi) is 5.47. The summed E-state index contributed by atoms with van der Waals surface area (Å²) in [5.41, 5.74) is -0.0284. The molecule has 1 fully saturated rings. The van der Waals surface area contributed by atoms with E-state index >= 15 is 0 Å². The van der Waals surface area contributed by atoms with Gasteiger partial charge in [0.2, 0.25) is 0 Å². The second kappa shape index (κ2) is 6.95. The van der Waals surface area contributed by atoms with E-state index in [2.05, 4.69) is 0 Å². The molecule has 0 bridgehead atoms. The van der Waals surface area contributed by atoms with Crippen LogP contribution in [0.5, 0.6) is 0 Å². The zero-order valence-electron chi connectivity index (χ0n) is 10.8. The van der Waals surface area contributed by atoms with Gasteiger partial charge in [0.15, 0.2) is 0 Å². The second-order valence-electron chi connectivity index (χ2n) is 4.61. The van der Waals surface area contributed by atoms with Gasteiger partial charge >= 0.3 is 0 Å². The molecule has 1 aromatic carbocycles. The lowest BCUT2D eigenvalue weighted by atomic mass is 10.1. The van der Waals surface area contributed by atoms with E-state index in [9.17, 15) is 30.5 Å². The van der Waals surface area contributed by atoms with Crippen molar-refractivity contribution >= 4 is 29.2 Å². The molecule has 116 valence electrons. The number of aliphatic hydroxyl groups excluding tert-OH is 4. The van der Waals surface area contributed by atoms with Gasteiger partial charge in [-0.2, -0.15) is 0 Å². The van der Waals surface area contributed by atoms with Crippen LogP contribution < -0.4 is 0 Å². The molecule has 0 saturated carbocycles. The summed E-state index contributed by atoms with van der Waals surface area (Å²) >= 11 is 2.44. The van der Waals surface area contributed by atoms with Crippen molar-refractivity contribution in [1.82, 2.24) is 0 Å². The summed E-state index contributed by atoms with van der Waals surface area (Å²) in [5.74, 6) is 0.180. The number of nitrogens with zero attached hydrogens (tertiary/aromatic N) is 1. The van der Waals surface area contributed by atoms with Crippen LogP contribution in [0.15, 0.2) is 29.2 Å². The van der Waals surface area contributed by atoms with Gasteiger partial charge in [-0.05, 0) is 12.1 Å². The molecule has 0 aliphatic carbocycles. The monoisotopic (exact) mass is 333 g/mol. The summed E-state index contributed by atoms with van der Waals surface area (Å²) in [6.07, 6.45) is -5.16. The first-order valence-corrected chi connectivity index (χ1v) is 8.08. The Labute approximate surface area is 129 Å². The lowest BCUT2D eigenvalue weighted by Gasteiger charge is -2.25. The van der Waals surface area contributed by atoms with E-state index in [-0.39, 0.29) is 11.4 Å². The van der Waals surface area contributed by atoms with Crippen molar-refractivity contribution in [3.05, 3.63) is 34.4 Å². The average molecular weight is 333 g/mol. The van der Waals surface area contributed by atoms with Crippen LogP contribution in [0.3, 0.4) is 0 Å². The number of hydrogen-bond acceptors (Lipinski definition) is 8. The molecular formula is C12H15NO6S2. The zero-order valence-corrected chi connectivity index (χ0v) is 12.4. The van der Waals surface area contributed by atoms with E-state index in [4.69, 9.17) is 0 Å². The van der Waals surface area contributed by atoms with E-state index in [0.717, 1.165) is 0 Å². The number of nitro groups is 1. The summed E-state index contributed by atoms with van der Waals surface area (Å²) < 4.78 is -0.492. The van der Waals surface area contributed by atoms with Crippen LogP contribution in [-0.2, 0) is 0 Å². The van der Waals surface area contributed by atoms with Crippen LogP contribution in [0.25, 0.3) is 0 Å². The van der Waals surface area contributed by atoms with Crippen molar-refractivity contribution in [2.75, 3.05) is 5.75 Å². The Bertz CT molecular complexity index is 499. The predicted molar refractivity (Wildman–Crippen MR) is 79.2 cm³/mol. The molecule has 1 aromatic rings. The minimum absolute atomic E-state index is 0.0284. The van der Waals surface area contributed by atoms with Crippen molar-refractivity contribution < 1.29 is 25.3 Å². The van der Waals surface area contributed by atoms with Gasteiger partial charge in [-0.25, -0.2) is 0 Å². The summed E-state index contributed by atoms with van der Waals surface area (Å²) in [5, 5.41) is 49.6. The van der Waals surface area contributed by atoms with Crippen LogP contribution in [0.1, 0.15) is 0 Å². The molecule has 7 nitrogen and oxygen atoms in total. The highest BCUT2D eigenvalue weighted by molar-refractivity contribution is 8.17. The van der Waals surface area contributed by atoms with Crippen molar-refractivity contribution in [2.24, 2.45) is 0 Å². The highest BCUT2D eigenvalue weighted by Crippen LogP contribution is 2.38. The maximum absolute atomic E-state index is 10.6. The number of nitro benzene ring substituents is 1. The summed E-state index contributed by atoms with van der Waals surface area (Å²) in [6, 6.07) is 5.83. The summed E-state index contributed by atoms with van der Waals surface area (Å²) in [6.45, 7) is 0. The van der Waals surface area contributed by atoms with Gasteiger partial charge in [0.1, 0.15) is 18.3 Å². The SMILES string of the molecule is O=[N+]([O-])c1ccc(SC2SC[C@H](O)[C@@H](O)[C@H](O)[C@H]2O)cc1. The molecule has 1 aliphatic rings. The first kappa shape index (κ1) is 16.5. The minimum atomic E-state index is -1.44. The van der Waals surface area contributed by atoms with E-state index in [1.54, 1.807) is 12.1 Å². The number of aliphatic hydroxyl groups is 4. The molecule has 0 spiro atoms. The average Bonchev–Trinajstić information content (AvgIpc) is 2.56. The third kappa shape index (κ3) is 3.87. The van der Waals surface area contributed by atoms with E-state index < -0.39 is 33.9 Å². The highest BCUT2D eigenvalue weighted by Gasteiger charge is 2.39. The van der Waals surface area contributed by atoms with Crippen molar-refractivity contribution in [2.45, 2.75) is 33.9 Å². The van der Waals surface area contributed by atoms with E-state index in [1.165, 1.54) is 35.7 Å². The molecule has 21 heavy (non-hydrogen) atoms. The number of rotatable bonds is 3. The molecule has 1 heterocycles. The van der Waals surface area contributed by atoms with Crippen LogP contribution in [-0.4, -0.2) is 60.1 Å². The first-order valence-electron chi connectivity index (χ1n) is 6.15. The minimum Gasteiger partial charge on any atom is -0.389 e. The smallest absolute Gasteiger partial charge is 0.269 e. The first-order chi connectivity index (χ1) is 9.90. The van der Waals surface area contributed by atoms with Gasteiger partial charge in [-0.15, -0.1) is 23.5 Å². The molecular weight excluding hydrogens is 318 g/mol. The summed E-state index contributed by atoms with van der Waals surface area (Å²) in [4.78, 5) is 10.8. The molecule has 0 radical (unpaired) electrons. The molecule has 5 atom stereocenters. The molecule has 1 unspecified atom stereocenters. The normalized spacial score (nSPS) is 33.4. The fourth-order valence-electron chi connectivity index (χ4n) is 1.87. The third-order valence-electron chi connectivity index (χ3n) is 3.10. The maximum atomic E-state index is 10.6. The Morgan fingerprint density at radius 1 is 1.10 bits per heavy atom. The van der Waals surface area contributed by atoms with Crippen LogP contribution in [0, 0.1) is 10.1 Å². The van der Waals surface area contributed by atoms with Gasteiger partial charge in [0.25, 0.3) is 5.69 Å². The largest absolute Gasteiger partial charge is 0.389 e. The van der Waals surface area contributed by atoms with Crippen molar-refractivity contribution in [1.29, 1.82) is 0 Å². The molecule has 1 saturated heterocycles. The number of non-ortho nitro benzene ring substituents is 1. The number of thioether (sulfide) groups is 2. The lowest BCUT2D eigenvalue weighted by molar-refractivity contribution is -0.384. The lowest BCUT2D eigenvalue weighted by Crippen LogP contribution is -2.45. The number of hydrogen-bond donors (Lipinski definition) is 4. The predicted octanol–water partition coefficient (Wildman–Crippen LogP) is 0.203. The third-order valence-corrected chi connectivity index (χ3v) is 6.00. The van der Waals surface area contributed by atoms with Crippen LogP contribution in [0.2, 0.25) is 0 Å². The van der Waals surface area contributed by atoms with Gasteiger partial charge in [-0.1, -0.05) is 0 Å². The molecule has 4 N–H and O–H groups in total. The Morgan fingerprint density at radius 3 is 2.29 bits per heavy atom. The Balaban J connectivity index is 2.09. The summed E-state index contributed by atoms with van der Waals surface area (Å²) in [7, 11) is 0. The number of benzene rings is 1. The van der Waals surface area contributed by atoms with Crippen molar-refractivity contribution in [3.8, 4) is 0 Å². The topological polar surface area (TPSA) is 124 Å². The molecule has 9 heteroatoms. The zero-order chi connectivity index (χ0) is 15.6. The van der Waals surface area contributed by atoms with Crippen LogP contribution >= 0.6 is 23.5 Å². The van der Waals surface area contributed by atoms with Gasteiger partial charge in [0.05, 0.1) is 15.6 Å². The fourth-order valence-corrected chi connectivity index (χ4v) is 4.51. The highest BCUT2D eigenvalue weighted by atomic mass is 32.2. The quantitative estimate of drug-likeness (QED) is 0.457. The van der Waals surface area contributed by atoms with Gasteiger partial charge in [0, 0.05) is 22.8 Å². The Morgan fingerprint density at radius 2 is 1.71 bits per heavy atom. The fraction of sp³-hybridized carbons (Fsp3) is 0.500.